The minimum absolute atomic E-state index is 0.0530. The highest BCUT2D eigenvalue weighted by molar-refractivity contribution is 7.91. The fourth-order valence-electron chi connectivity index (χ4n) is 2.92. The lowest BCUT2D eigenvalue weighted by Crippen LogP contribution is -2.45. The highest BCUT2D eigenvalue weighted by atomic mass is 32.2. The third kappa shape index (κ3) is 3.36. The van der Waals surface area contributed by atoms with Crippen molar-refractivity contribution in [3.63, 3.8) is 0 Å². The first-order valence-corrected chi connectivity index (χ1v) is 10.2. The van der Waals surface area contributed by atoms with E-state index in [1.54, 1.807) is 6.92 Å². The van der Waals surface area contributed by atoms with E-state index in [0.29, 0.717) is 11.6 Å². The number of aryl methyl sites for hydroxylation is 1. The summed E-state index contributed by atoms with van der Waals surface area (Å²) in [4.78, 5) is 4.01. The minimum Gasteiger partial charge on any atom is -0.398 e. The first kappa shape index (κ1) is 21.9. The van der Waals surface area contributed by atoms with E-state index in [4.69, 9.17) is 5.73 Å². The second-order valence-corrected chi connectivity index (χ2v) is 8.96. The summed E-state index contributed by atoms with van der Waals surface area (Å²) in [6, 6.07) is 2.76. The summed E-state index contributed by atoms with van der Waals surface area (Å²) in [5.41, 5.74) is 9.27. The van der Waals surface area contributed by atoms with Gasteiger partial charge in [-0.15, -0.1) is 0 Å². The maximum absolute atomic E-state index is 13.7. The quantitative estimate of drug-likeness (QED) is 0.487. The van der Waals surface area contributed by atoms with Crippen molar-refractivity contribution in [1.29, 1.82) is 0 Å². The molecule has 3 rings (SSSR count). The van der Waals surface area contributed by atoms with Gasteiger partial charge in [0.05, 0.1) is 10.6 Å². The van der Waals surface area contributed by atoms with Gasteiger partial charge in [-0.05, 0) is 30.7 Å². The van der Waals surface area contributed by atoms with Gasteiger partial charge in [0.1, 0.15) is 17.2 Å². The number of halogens is 5. The molecule has 0 spiro atoms. The molecule has 1 aliphatic heterocycles. The van der Waals surface area contributed by atoms with Crippen LogP contribution in [-0.4, -0.2) is 35.8 Å². The summed E-state index contributed by atoms with van der Waals surface area (Å²) in [6.07, 6.45) is -5.24. The lowest BCUT2D eigenvalue weighted by atomic mass is 10.1. The molecule has 0 bridgehead atoms. The summed E-state index contributed by atoms with van der Waals surface area (Å²) < 4.78 is 91.9. The van der Waals surface area contributed by atoms with Crippen LogP contribution in [0.1, 0.15) is 18.2 Å². The fraction of sp³-hybridized carbons (Fsp3) is 0.353. The van der Waals surface area contributed by atoms with Crippen molar-refractivity contribution in [2.75, 3.05) is 16.9 Å². The van der Waals surface area contributed by atoms with Crippen molar-refractivity contribution in [2.45, 2.75) is 30.8 Å². The van der Waals surface area contributed by atoms with Crippen molar-refractivity contribution >= 4 is 27.4 Å². The van der Waals surface area contributed by atoms with Crippen LogP contribution in [0.2, 0.25) is 0 Å². The normalized spacial score (nSPS) is 14.6. The molecule has 0 unspecified atom stereocenters. The molecular formula is C17H18F5N5O2S. The monoisotopic (exact) mass is 451 g/mol. The van der Waals surface area contributed by atoms with Gasteiger partial charge >= 0.3 is 12.1 Å². The minimum atomic E-state index is -5.81. The van der Waals surface area contributed by atoms with Gasteiger partial charge in [-0.25, -0.2) is 13.4 Å². The number of nitrogens with zero attached hydrogens (tertiary/aromatic N) is 2. The molecule has 2 aromatic rings. The van der Waals surface area contributed by atoms with E-state index >= 15 is 0 Å². The largest absolute Gasteiger partial charge is 0.459 e. The van der Waals surface area contributed by atoms with Gasteiger partial charge in [0, 0.05) is 18.3 Å². The molecule has 13 heteroatoms. The first-order valence-electron chi connectivity index (χ1n) is 8.59. The maximum atomic E-state index is 13.7. The van der Waals surface area contributed by atoms with Crippen LogP contribution < -0.4 is 16.6 Å². The number of nitrogens with two attached hydrogens (primary N) is 1. The van der Waals surface area contributed by atoms with Crippen molar-refractivity contribution in [3.05, 3.63) is 29.1 Å². The van der Waals surface area contributed by atoms with Gasteiger partial charge in [-0.3, -0.25) is 10.9 Å². The van der Waals surface area contributed by atoms with Crippen LogP contribution in [0.4, 0.5) is 33.5 Å². The van der Waals surface area contributed by atoms with Gasteiger partial charge in [0.15, 0.2) is 15.7 Å². The summed E-state index contributed by atoms with van der Waals surface area (Å²) in [6.45, 7) is 3.09. The SMILES string of the molecule is CCS(=O)(=O)c1cc(N)c(C)cc1-c1nc2c(n1C)NNC(C(F)(F)C(F)(F)F)=C2. The second kappa shape index (κ2) is 6.86. The van der Waals surface area contributed by atoms with Gasteiger partial charge < -0.3 is 10.3 Å². The molecule has 0 radical (unpaired) electrons. The number of imidazole rings is 1. The molecule has 1 aromatic carbocycles. The van der Waals surface area contributed by atoms with Crippen LogP contribution in [0.5, 0.6) is 0 Å². The van der Waals surface area contributed by atoms with Crippen LogP contribution >= 0.6 is 0 Å². The topological polar surface area (TPSA) is 102 Å². The van der Waals surface area contributed by atoms with E-state index < -0.39 is 27.6 Å². The van der Waals surface area contributed by atoms with Gasteiger partial charge in [0.2, 0.25) is 0 Å². The van der Waals surface area contributed by atoms with Crippen molar-refractivity contribution in [3.8, 4) is 11.4 Å². The standard InChI is InChI=1S/C17H18F5N5O2S/c1-4-30(28,29)12-6-10(23)8(2)5-9(12)14-24-11-7-13(16(18,19)17(20,21)22)25-26-15(11)27(14)3/h5-7,25-26H,4,23H2,1-3H3. The Hall–Kier alpha value is -2.83. The Bertz CT molecular complexity index is 1150. The Kier molecular flexibility index (Phi) is 5.00. The first-order chi connectivity index (χ1) is 13.7. The number of hydrazine groups is 1. The van der Waals surface area contributed by atoms with E-state index in [9.17, 15) is 30.4 Å². The summed E-state index contributed by atoms with van der Waals surface area (Å²) in [5.74, 6) is -5.23. The van der Waals surface area contributed by atoms with Crippen LogP contribution in [0.3, 0.4) is 0 Å². The van der Waals surface area contributed by atoms with Crippen molar-refractivity contribution < 1.29 is 30.4 Å². The third-order valence-electron chi connectivity index (χ3n) is 4.74. The molecule has 0 atom stereocenters. The van der Waals surface area contributed by atoms with E-state index in [1.807, 2.05) is 5.43 Å². The van der Waals surface area contributed by atoms with Gasteiger partial charge in [0.25, 0.3) is 0 Å². The summed E-state index contributed by atoms with van der Waals surface area (Å²) in [5, 5.41) is 0. The molecule has 1 aliphatic rings. The maximum Gasteiger partial charge on any atom is 0.459 e. The molecule has 0 saturated heterocycles. The highest BCUT2D eigenvalue weighted by Gasteiger charge is 2.61. The average Bonchev–Trinajstić information content (AvgIpc) is 2.98. The van der Waals surface area contributed by atoms with Crippen LogP contribution in [-0.2, 0) is 16.9 Å². The molecule has 164 valence electrons. The molecule has 0 aliphatic carbocycles. The van der Waals surface area contributed by atoms with E-state index in [0.717, 1.165) is 0 Å². The van der Waals surface area contributed by atoms with E-state index in [1.165, 1.54) is 30.7 Å². The smallest absolute Gasteiger partial charge is 0.398 e. The Morgan fingerprint density at radius 1 is 1.17 bits per heavy atom. The zero-order valence-corrected chi connectivity index (χ0v) is 16.8. The van der Waals surface area contributed by atoms with Crippen molar-refractivity contribution in [1.82, 2.24) is 15.0 Å². The predicted molar refractivity (Wildman–Crippen MR) is 101 cm³/mol. The van der Waals surface area contributed by atoms with E-state index in [2.05, 4.69) is 10.4 Å². The number of nitrogens with one attached hydrogen (secondary N) is 2. The predicted octanol–water partition coefficient (Wildman–Crippen LogP) is 3.24. The Morgan fingerprint density at radius 2 is 1.80 bits per heavy atom. The zero-order valence-electron chi connectivity index (χ0n) is 16.0. The molecule has 0 amide bonds. The Labute approximate surface area is 168 Å². The molecule has 7 nitrogen and oxygen atoms in total. The van der Waals surface area contributed by atoms with E-state index in [-0.39, 0.29) is 39.2 Å². The number of rotatable bonds is 4. The number of hydrogen-bond donors (Lipinski definition) is 3. The number of fused-ring (bicyclic) bond motifs is 1. The molecule has 1 aromatic heterocycles. The molecule has 0 fully saturated rings. The lowest BCUT2D eigenvalue weighted by Gasteiger charge is -2.26. The molecule has 0 saturated carbocycles. The number of alkyl halides is 5. The molecule has 2 heterocycles. The fourth-order valence-corrected chi connectivity index (χ4v) is 4.02. The number of aromatic nitrogens is 2. The summed E-state index contributed by atoms with van der Waals surface area (Å²) in [7, 11) is -2.28. The molecule has 4 N–H and O–H groups in total. The number of nitrogen functional groups attached to an aromatic ring is 1. The molecular weight excluding hydrogens is 433 g/mol. The van der Waals surface area contributed by atoms with Gasteiger partial charge in [-0.1, -0.05) is 6.92 Å². The number of hydrogen-bond acceptors (Lipinski definition) is 6. The highest BCUT2D eigenvalue weighted by Crippen LogP contribution is 2.42. The number of anilines is 2. The third-order valence-corrected chi connectivity index (χ3v) is 6.51. The molecule has 30 heavy (non-hydrogen) atoms. The van der Waals surface area contributed by atoms with Gasteiger partial charge in [-0.2, -0.15) is 22.0 Å². The number of sulfone groups is 1. The average molecular weight is 451 g/mol. The van der Waals surface area contributed by atoms with Crippen molar-refractivity contribution in [2.24, 2.45) is 7.05 Å². The van der Waals surface area contributed by atoms with Crippen LogP contribution in [0.15, 0.2) is 22.7 Å². The van der Waals surface area contributed by atoms with Crippen LogP contribution in [0, 0.1) is 6.92 Å². The zero-order chi connectivity index (χ0) is 22.6. The van der Waals surface area contributed by atoms with Crippen LogP contribution in [0.25, 0.3) is 17.5 Å². The lowest BCUT2D eigenvalue weighted by molar-refractivity contribution is -0.265. The second-order valence-electron chi connectivity index (χ2n) is 6.72. The Morgan fingerprint density at radius 3 is 2.37 bits per heavy atom. The summed E-state index contributed by atoms with van der Waals surface area (Å²) >= 11 is 0. The number of benzene rings is 1. The Balaban J connectivity index is 2.22. The number of allylic oxidation sites excluding steroid dienone is 1.